The van der Waals surface area contributed by atoms with Crippen molar-refractivity contribution in [1.29, 1.82) is 0 Å². The van der Waals surface area contributed by atoms with Gasteiger partial charge in [-0.2, -0.15) is 5.10 Å². The van der Waals surface area contributed by atoms with Gasteiger partial charge in [-0.15, -0.1) is 11.3 Å². The minimum atomic E-state index is -1.02. The lowest BCUT2D eigenvalue weighted by Crippen LogP contribution is -2.00. The summed E-state index contributed by atoms with van der Waals surface area (Å²) >= 11 is 1.55. The molecule has 0 aliphatic rings. The van der Waals surface area contributed by atoms with E-state index in [9.17, 15) is 9.90 Å². The van der Waals surface area contributed by atoms with Crippen LogP contribution in [-0.2, 0) is 6.42 Å². The molecule has 3 heterocycles. The predicted octanol–water partition coefficient (Wildman–Crippen LogP) is 2.65. The van der Waals surface area contributed by atoms with Gasteiger partial charge in [0.15, 0.2) is 0 Å². The first-order valence-corrected chi connectivity index (χ1v) is 7.20. The summed E-state index contributed by atoms with van der Waals surface area (Å²) in [6.45, 7) is 2.06. The number of hydrogen-bond donors (Lipinski definition) is 1. The first kappa shape index (κ1) is 13.4. The van der Waals surface area contributed by atoms with Gasteiger partial charge in [0, 0.05) is 23.5 Å². The van der Waals surface area contributed by atoms with Crippen molar-refractivity contribution in [1.82, 2.24) is 19.7 Å². The molecule has 0 saturated heterocycles. The van der Waals surface area contributed by atoms with E-state index in [0.717, 1.165) is 11.3 Å². The van der Waals surface area contributed by atoms with Gasteiger partial charge in [0.1, 0.15) is 11.3 Å². The van der Waals surface area contributed by atoms with Gasteiger partial charge >= 0.3 is 5.97 Å². The molecule has 0 aliphatic carbocycles. The van der Waals surface area contributed by atoms with Crippen molar-refractivity contribution < 1.29 is 9.90 Å². The van der Waals surface area contributed by atoms with Crippen molar-refractivity contribution in [3.63, 3.8) is 0 Å². The third-order valence-corrected chi connectivity index (χ3v) is 4.18. The molecule has 21 heavy (non-hydrogen) atoms. The van der Waals surface area contributed by atoms with Gasteiger partial charge in [-0.05, 0) is 24.6 Å². The van der Waals surface area contributed by atoms with Gasteiger partial charge in [-0.25, -0.2) is 19.4 Å². The number of carbonyl (C=O) groups is 1. The second kappa shape index (κ2) is 5.45. The molecule has 3 aromatic rings. The van der Waals surface area contributed by atoms with E-state index in [1.165, 1.54) is 15.8 Å². The first-order chi connectivity index (χ1) is 10.2. The zero-order valence-corrected chi connectivity index (χ0v) is 12.0. The van der Waals surface area contributed by atoms with Crippen molar-refractivity contribution in [2.24, 2.45) is 0 Å². The Kier molecular flexibility index (Phi) is 3.49. The highest BCUT2D eigenvalue weighted by molar-refractivity contribution is 7.15. The number of hydrogen-bond acceptors (Lipinski definition) is 5. The molecular weight excluding hydrogens is 288 g/mol. The summed E-state index contributed by atoms with van der Waals surface area (Å²) in [6.07, 6.45) is 5.53. The Morgan fingerprint density at radius 2 is 2.10 bits per heavy atom. The maximum atomic E-state index is 11.4. The quantitative estimate of drug-likeness (QED) is 0.801. The third-order valence-electron chi connectivity index (χ3n) is 2.95. The number of aromatic nitrogens is 4. The highest BCUT2D eigenvalue weighted by Gasteiger charge is 2.19. The molecule has 0 aromatic carbocycles. The molecule has 0 bridgehead atoms. The summed E-state index contributed by atoms with van der Waals surface area (Å²) in [5, 5.41) is 13.7. The maximum Gasteiger partial charge on any atom is 0.339 e. The van der Waals surface area contributed by atoms with E-state index in [1.807, 2.05) is 12.1 Å². The minimum Gasteiger partial charge on any atom is -0.478 e. The fourth-order valence-corrected chi connectivity index (χ4v) is 2.87. The third kappa shape index (κ3) is 2.55. The highest BCUT2D eigenvalue weighted by atomic mass is 32.1. The maximum absolute atomic E-state index is 11.4. The number of rotatable bonds is 4. The molecule has 0 spiro atoms. The lowest BCUT2D eigenvalue weighted by molar-refractivity contribution is 0.0697. The van der Waals surface area contributed by atoms with Gasteiger partial charge in [0.05, 0.1) is 4.88 Å². The van der Waals surface area contributed by atoms with E-state index >= 15 is 0 Å². The Balaban J connectivity index is 2.11. The van der Waals surface area contributed by atoms with E-state index in [4.69, 9.17) is 0 Å². The fraction of sp³-hybridized carbons (Fsp3) is 0.143. The average Bonchev–Trinajstić information content (AvgIpc) is 3.14. The van der Waals surface area contributed by atoms with Crippen molar-refractivity contribution in [3.05, 3.63) is 47.2 Å². The van der Waals surface area contributed by atoms with E-state index in [2.05, 4.69) is 22.0 Å². The zero-order chi connectivity index (χ0) is 14.8. The van der Waals surface area contributed by atoms with Crippen molar-refractivity contribution >= 4 is 17.3 Å². The van der Waals surface area contributed by atoms with Crippen molar-refractivity contribution in [3.8, 4) is 16.5 Å². The summed E-state index contributed by atoms with van der Waals surface area (Å²) in [5.74, 6) is -0.669. The molecule has 3 rings (SSSR count). The molecule has 0 saturated carbocycles. The van der Waals surface area contributed by atoms with Crippen LogP contribution < -0.4 is 0 Å². The van der Waals surface area contributed by atoms with E-state index in [1.54, 1.807) is 29.8 Å². The van der Waals surface area contributed by atoms with Crippen LogP contribution in [0.3, 0.4) is 0 Å². The molecule has 3 aromatic heterocycles. The molecule has 0 unspecified atom stereocenters. The molecule has 6 nitrogen and oxygen atoms in total. The molecular formula is C14H12N4O2S. The normalized spacial score (nSPS) is 10.7. The largest absolute Gasteiger partial charge is 0.478 e. The fourth-order valence-electron chi connectivity index (χ4n) is 1.92. The van der Waals surface area contributed by atoms with Crippen LogP contribution in [0.5, 0.6) is 0 Å². The Hall–Kier alpha value is -2.54. The SMILES string of the molecule is CCc1ccc(-c2nn(-c3ncccn3)cc2C(=O)O)s1. The van der Waals surface area contributed by atoms with Crippen LogP contribution in [0.2, 0.25) is 0 Å². The highest BCUT2D eigenvalue weighted by Crippen LogP contribution is 2.30. The van der Waals surface area contributed by atoms with Gasteiger partial charge in [0.2, 0.25) is 5.95 Å². The van der Waals surface area contributed by atoms with Crippen LogP contribution >= 0.6 is 11.3 Å². The number of carboxylic acid groups (broad SMARTS) is 1. The lowest BCUT2D eigenvalue weighted by Gasteiger charge is -1.96. The van der Waals surface area contributed by atoms with Crippen LogP contribution in [0, 0.1) is 0 Å². The Morgan fingerprint density at radius 1 is 1.33 bits per heavy atom. The van der Waals surface area contributed by atoms with E-state index < -0.39 is 5.97 Å². The van der Waals surface area contributed by atoms with Crippen LogP contribution in [0.4, 0.5) is 0 Å². The molecule has 106 valence electrons. The van der Waals surface area contributed by atoms with Gasteiger partial charge in [-0.3, -0.25) is 0 Å². The van der Waals surface area contributed by atoms with Crippen LogP contribution in [0.1, 0.15) is 22.2 Å². The molecule has 0 radical (unpaired) electrons. The predicted molar refractivity (Wildman–Crippen MR) is 78.8 cm³/mol. The standard InChI is InChI=1S/C14H12N4O2S/c1-2-9-4-5-11(21-9)12-10(13(19)20)8-18(17-12)14-15-6-3-7-16-14/h3-8H,2H2,1H3,(H,19,20). The topological polar surface area (TPSA) is 80.9 Å². The van der Waals surface area contributed by atoms with Crippen molar-refractivity contribution in [2.45, 2.75) is 13.3 Å². The molecule has 7 heteroatoms. The van der Waals surface area contributed by atoms with E-state index in [0.29, 0.717) is 11.6 Å². The second-order valence-electron chi connectivity index (χ2n) is 4.31. The second-order valence-corrected chi connectivity index (χ2v) is 5.48. The Morgan fingerprint density at radius 3 is 2.71 bits per heavy atom. The first-order valence-electron chi connectivity index (χ1n) is 6.38. The monoisotopic (exact) mass is 300 g/mol. The molecule has 0 fully saturated rings. The van der Waals surface area contributed by atoms with Crippen molar-refractivity contribution in [2.75, 3.05) is 0 Å². The van der Waals surface area contributed by atoms with Gasteiger partial charge in [-0.1, -0.05) is 6.92 Å². The summed E-state index contributed by atoms with van der Waals surface area (Å²) in [5.41, 5.74) is 0.589. The Bertz CT molecular complexity index is 779. The Labute approximate surface area is 124 Å². The number of aryl methyl sites for hydroxylation is 1. The number of carboxylic acids is 1. The zero-order valence-electron chi connectivity index (χ0n) is 11.2. The summed E-state index contributed by atoms with van der Waals surface area (Å²) < 4.78 is 1.39. The van der Waals surface area contributed by atoms with Crippen LogP contribution in [0.15, 0.2) is 36.8 Å². The number of nitrogens with zero attached hydrogens (tertiary/aromatic N) is 4. The molecule has 1 N–H and O–H groups in total. The number of thiophene rings is 1. The average molecular weight is 300 g/mol. The lowest BCUT2D eigenvalue weighted by atomic mass is 10.2. The summed E-state index contributed by atoms with van der Waals surface area (Å²) in [7, 11) is 0. The summed E-state index contributed by atoms with van der Waals surface area (Å²) in [4.78, 5) is 21.6. The summed E-state index contributed by atoms with van der Waals surface area (Å²) in [6, 6.07) is 5.58. The van der Waals surface area contributed by atoms with Gasteiger partial charge < -0.3 is 5.11 Å². The van der Waals surface area contributed by atoms with E-state index in [-0.39, 0.29) is 5.56 Å². The smallest absolute Gasteiger partial charge is 0.339 e. The molecule has 0 amide bonds. The number of aromatic carboxylic acids is 1. The minimum absolute atomic E-state index is 0.145. The molecule has 0 atom stereocenters. The molecule has 0 aliphatic heterocycles. The van der Waals surface area contributed by atoms with Crippen LogP contribution in [0.25, 0.3) is 16.5 Å². The van der Waals surface area contributed by atoms with Gasteiger partial charge in [0.25, 0.3) is 0 Å². The van der Waals surface area contributed by atoms with Crippen LogP contribution in [-0.4, -0.2) is 30.8 Å².